The number of unbranched alkanes of at least 4 members (excludes halogenated alkanes) is 55. The van der Waals surface area contributed by atoms with E-state index in [1.54, 1.807) is 0 Å². The van der Waals surface area contributed by atoms with Gasteiger partial charge in [0.25, 0.3) is 0 Å². The highest BCUT2D eigenvalue weighted by atomic mass is 16.6. The van der Waals surface area contributed by atoms with E-state index in [4.69, 9.17) is 52.1 Å². The maximum atomic E-state index is 11.6. The van der Waals surface area contributed by atoms with Crippen LogP contribution in [0, 0.1) is 0 Å². The molecule has 6 aliphatic rings. The van der Waals surface area contributed by atoms with Gasteiger partial charge in [0.1, 0.15) is 0 Å². The lowest BCUT2D eigenvalue weighted by atomic mass is 10.0. The molecule has 16 nitrogen and oxygen atoms in total. The molecule has 12 unspecified atom stereocenters. The van der Waals surface area contributed by atoms with E-state index in [0.717, 1.165) is 154 Å². The summed E-state index contributed by atoms with van der Waals surface area (Å²) in [6, 6.07) is 0. The monoisotopic (exact) mass is 1830 g/mol. The van der Waals surface area contributed by atoms with Gasteiger partial charge in [0, 0.05) is 51.4 Å². The Morgan fingerprint density at radius 1 is 0.155 bits per heavy atom. The number of carbonyl (C=O) groups excluding carboxylic acids is 5. The minimum absolute atomic E-state index is 0.00387. The molecule has 129 heavy (non-hydrogen) atoms. The van der Waals surface area contributed by atoms with Crippen molar-refractivity contribution in [1.29, 1.82) is 0 Å². The average Bonchev–Trinajstić information content (AvgIpc) is 1.61. The first-order valence-corrected chi connectivity index (χ1v) is 57.1. The van der Waals surface area contributed by atoms with Gasteiger partial charge in [-0.25, -0.2) is 0 Å². The number of hydrogen-bond acceptors (Lipinski definition) is 16. The summed E-state index contributed by atoms with van der Waals surface area (Å²) in [5.41, 5.74) is 0. The van der Waals surface area contributed by atoms with Gasteiger partial charge in [-0.15, -0.1) is 0 Å². The molecule has 6 rings (SSSR count). The average molecular weight is 1830 g/mol. The van der Waals surface area contributed by atoms with Crippen LogP contribution in [0.1, 0.15) is 589 Å². The van der Waals surface area contributed by atoms with E-state index in [1.165, 1.54) is 334 Å². The Morgan fingerprint density at radius 3 is 0.488 bits per heavy atom. The van der Waals surface area contributed by atoms with Gasteiger partial charge >= 0.3 is 29.8 Å². The molecule has 0 aromatic rings. The minimum atomic E-state index is -0.0237. The third kappa shape index (κ3) is 82.0. The van der Waals surface area contributed by atoms with Gasteiger partial charge in [0.05, 0.1) is 106 Å². The van der Waals surface area contributed by atoms with E-state index in [0.29, 0.717) is 138 Å². The normalized spacial score (nSPS) is 20.5. The highest BCUT2D eigenvalue weighted by molar-refractivity contribution is 5.70. The van der Waals surface area contributed by atoms with E-state index in [2.05, 4.69) is 69.2 Å². The van der Waals surface area contributed by atoms with Crippen LogP contribution in [0.2, 0.25) is 0 Å². The SMILES string of the molecule is CCCCCCCCC1OC1CCCCCCCC(=O)OCCCCC.CCCCCCCCCCCCCCCC(=O)OCCCCC.CCCCCCCCCCCCCCCCCC(=O)OCCCCC.CCCCCOC(=O)CCCCCCCC1OC1CC1OC1CC1OC1CC.CCCCCOC(=O)CCCCCCCC1OC1CC1OC1CCCCC. The Bertz CT molecular complexity index is 2450. The molecule has 0 amide bonds. The first kappa shape index (κ1) is 122. The number of epoxide rings is 6. The second-order valence-corrected chi connectivity index (χ2v) is 39.7. The molecule has 6 aliphatic heterocycles. The van der Waals surface area contributed by atoms with Gasteiger partial charge in [0.15, 0.2) is 0 Å². The van der Waals surface area contributed by atoms with Crippen molar-refractivity contribution in [2.75, 3.05) is 33.0 Å². The summed E-state index contributed by atoms with van der Waals surface area (Å²) in [4.78, 5) is 57.7. The van der Waals surface area contributed by atoms with Gasteiger partial charge in [-0.3, -0.25) is 24.0 Å². The zero-order chi connectivity index (χ0) is 93.4. The molecule has 0 N–H and O–H groups in total. The third-order valence-corrected chi connectivity index (χ3v) is 27.0. The summed E-state index contributed by atoms with van der Waals surface area (Å²) in [6.07, 6.45) is 103. The summed E-state index contributed by atoms with van der Waals surface area (Å²) in [5.74, 6) is -0.0417. The second kappa shape index (κ2) is 91.5. The summed E-state index contributed by atoms with van der Waals surface area (Å²) in [7, 11) is 0. The van der Waals surface area contributed by atoms with Crippen molar-refractivity contribution in [3.8, 4) is 0 Å². The molecule has 16 heteroatoms. The van der Waals surface area contributed by atoms with Crippen molar-refractivity contribution < 1.29 is 76.1 Å². The standard InChI is InChI=1S/C23H40O5.C23H42O4.C23H44O3.C23H46O2.C21H42O2/c1-3-5-11-14-25-23(24)13-10-8-6-7-9-12-18-20(27-18)16-22-21(28-22)15-19-17(4-2)26-19;1-3-5-10-14-19-21(26-19)18-22-20(27-22)15-11-8-7-9-12-16-23(24)25-17-13-6-4-2;1-3-5-7-8-10-13-17-21-22(26-21)18-14-11-9-12-15-19-23(24)25-20-16-6-4-2;1-3-5-7-8-9-10-11-12-13-14-15-16-17-18-19-21-23(24)25-22-20-6-4-2;1-3-5-7-8-9-10-11-12-13-14-15-16-17-19-21(22)23-20-18-6-4-2/h17-22H,3-16H2,1-2H3;19-22H,3-18H2,1-2H3;21-22H,3-20H2,1-2H3;3-22H2,1-2H3;3-20H2,1-2H3. The topological polar surface area (TPSA) is 207 Å². The van der Waals surface area contributed by atoms with Gasteiger partial charge in [-0.2, -0.15) is 0 Å². The van der Waals surface area contributed by atoms with Gasteiger partial charge in [-0.05, 0) is 103 Å². The molecule has 0 spiro atoms. The van der Waals surface area contributed by atoms with Crippen LogP contribution in [0.4, 0.5) is 0 Å². The first-order valence-electron chi connectivity index (χ1n) is 57.1. The molecular weight excluding hydrogens is 1610 g/mol. The summed E-state index contributed by atoms with van der Waals surface area (Å²) in [5, 5.41) is 0. The number of esters is 5. The largest absolute Gasteiger partial charge is 0.466 e. The molecule has 762 valence electrons. The number of carbonyl (C=O) groups is 5. The third-order valence-electron chi connectivity index (χ3n) is 27.0. The fraction of sp³-hybridized carbons (Fsp3) is 0.956. The second-order valence-electron chi connectivity index (χ2n) is 39.7. The predicted molar refractivity (Wildman–Crippen MR) is 537 cm³/mol. The quantitative estimate of drug-likeness (QED) is 0.0240. The molecule has 0 aliphatic carbocycles. The molecule has 0 saturated carbocycles. The molecule has 0 radical (unpaired) electrons. The lowest BCUT2D eigenvalue weighted by Gasteiger charge is -2.05. The molecular formula is C113H214O16. The number of ether oxygens (including phenoxy) is 11. The van der Waals surface area contributed by atoms with Crippen LogP contribution < -0.4 is 0 Å². The zero-order valence-corrected chi connectivity index (χ0v) is 86.8. The van der Waals surface area contributed by atoms with E-state index >= 15 is 0 Å². The fourth-order valence-corrected chi connectivity index (χ4v) is 17.8. The summed E-state index contributed by atoms with van der Waals surface area (Å²) >= 11 is 0. The Kier molecular flexibility index (Phi) is 86.7. The zero-order valence-electron chi connectivity index (χ0n) is 86.8. The van der Waals surface area contributed by atoms with Crippen molar-refractivity contribution in [3.63, 3.8) is 0 Å². The van der Waals surface area contributed by atoms with Crippen LogP contribution in [-0.4, -0.2) is 136 Å². The lowest BCUT2D eigenvalue weighted by Crippen LogP contribution is -2.05. The van der Waals surface area contributed by atoms with Crippen LogP contribution in [0.5, 0.6) is 0 Å². The van der Waals surface area contributed by atoms with E-state index in [-0.39, 0.29) is 29.8 Å². The molecule has 12 atom stereocenters. The van der Waals surface area contributed by atoms with Crippen LogP contribution in [0.25, 0.3) is 0 Å². The van der Waals surface area contributed by atoms with E-state index in [1.807, 2.05) is 0 Å². The fourth-order valence-electron chi connectivity index (χ4n) is 17.8. The van der Waals surface area contributed by atoms with Gasteiger partial charge < -0.3 is 52.1 Å². The Morgan fingerprint density at radius 2 is 0.287 bits per heavy atom. The van der Waals surface area contributed by atoms with Crippen molar-refractivity contribution in [3.05, 3.63) is 0 Å². The molecule has 0 bridgehead atoms. The lowest BCUT2D eigenvalue weighted by molar-refractivity contribution is -0.144. The van der Waals surface area contributed by atoms with Gasteiger partial charge in [0.2, 0.25) is 0 Å². The van der Waals surface area contributed by atoms with E-state index < -0.39 is 0 Å². The molecule has 6 fully saturated rings. The number of hydrogen-bond donors (Lipinski definition) is 0. The molecule has 0 aromatic carbocycles. The van der Waals surface area contributed by atoms with Crippen LogP contribution in [0.15, 0.2) is 0 Å². The highest BCUT2D eigenvalue weighted by Crippen LogP contribution is 2.43. The van der Waals surface area contributed by atoms with Gasteiger partial charge in [-0.1, -0.05) is 435 Å². The summed E-state index contributed by atoms with van der Waals surface area (Å²) in [6.45, 7) is 25.1. The van der Waals surface area contributed by atoms with Crippen molar-refractivity contribution in [2.24, 2.45) is 0 Å². The van der Waals surface area contributed by atoms with Crippen LogP contribution in [0.3, 0.4) is 0 Å². The Balaban J connectivity index is 0.000000547. The van der Waals surface area contributed by atoms with Crippen molar-refractivity contribution >= 4 is 29.8 Å². The van der Waals surface area contributed by atoms with Crippen molar-refractivity contribution in [1.82, 2.24) is 0 Å². The smallest absolute Gasteiger partial charge is 0.305 e. The Labute approximate surface area is 797 Å². The number of rotatable bonds is 92. The van der Waals surface area contributed by atoms with Crippen LogP contribution >= 0.6 is 0 Å². The molecule has 6 heterocycles. The predicted octanol–water partition coefficient (Wildman–Crippen LogP) is 33.0. The maximum Gasteiger partial charge on any atom is 0.305 e. The van der Waals surface area contributed by atoms with Crippen molar-refractivity contribution in [2.45, 2.75) is 663 Å². The highest BCUT2D eigenvalue weighted by Gasteiger charge is 2.52. The maximum absolute atomic E-state index is 11.6. The van der Waals surface area contributed by atoms with E-state index in [9.17, 15) is 24.0 Å². The molecule has 0 aromatic heterocycles. The van der Waals surface area contributed by atoms with Crippen LogP contribution in [-0.2, 0) is 76.1 Å². The minimum Gasteiger partial charge on any atom is -0.466 e. The summed E-state index contributed by atoms with van der Waals surface area (Å²) < 4.78 is 60.7. The Hall–Kier alpha value is -2.89. The first-order chi connectivity index (χ1) is 63.3. The molecule has 6 saturated heterocycles.